The molecule has 2 heteroatoms. The molecule has 1 aliphatic heterocycles. The highest BCUT2D eigenvalue weighted by Gasteiger charge is 2.41. The summed E-state index contributed by atoms with van der Waals surface area (Å²) in [7, 11) is 0. The summed E-state index contributed by atoms with van der Waals surface area (Å²) in [6, 6.07) is 17.1. The number of hydrogen-bond acceptors (Lipinski definition) is 1. The molecule has 1 nitrogen and oxygen atoms in total. The number of benzene rings is 2. The van der Waals surface area contributed by atoms with Crippen LogP contribution in [0.25, 0.3) is 0 Å². The van der Waals surface area contributed by atoms with Crippen LogP contribution in [-0.4, -0.2) is 0 Å². The summed E-state index contributed by atoms with van der Waals surface area (Å²) in [6.45, 7) is 0. The third-order valence-electron chi connectivity index (χ3n) is 4.71. The second kappa shape index (κ2) is 4.92. The number of ether oxygens (including phenoxy) is 1. The van der Waals surface area contributed by atoms with Gasteiger partial charge in [-0.05, 0) is 48.1 Å². The van der Waals surface area contributed by atoms with Gasteiger partial charge in [-0.1, -0.05) is 52.7 Å². The largest absolute Gasteiger partial charge is 0.485 e. The summed E-state index contributed by atoms with van der Waals surface area (Å²) >= 11 is 3.59. The van der Waals surface area contributed by atoms with Gasteiger partial charge in [-0.25, -0.2) is 0 Å². The molecule has 0 spiro atoms. The topological polar surface area (TPSA) is 9.23 Å². The van der Waals surface area contributed by atoms with Gasteiger partial charge in [-0.3, -0.25) is 0 Å². The molecule has 0 saturated heterocycles. The van der Waals surface area contributed by atoms with Crippen molar-refractivity contribution >= 4 is 15.9 Å². The van der Waals surface area contributed by atoms with Gasteiger partial charge in [-0.2, -0.15) is 0 Å². The summed E-state index contributed by atoms with van der Waals surface area (Å²) in [5.41, 5.74) is 2.71. The first-order valence-electron chi connectivity index (χ1n) is 7.34. The van der Waals surface area contributed by atoms with E-state index < -0.39 is 0 Å². The van der Waals surface area contributed by atoms with Crippen LogP contribution in [0, 0.1) is 5.92 Å². The van der Waals surface area contributed by atoms with Crippen LogP contribution in [0.15, 0.2) is 53.0 Å². The lowest BCUT2D eigenvalue weighted by atomic mass is 9.80. The summed E-state index contributed by atoms with van der Waals surface area (Å²) < 4.78 is 7.52. The molecule has 0 N–H and O–H groups in total. The maximum Gasteiger partial charge on any atom is 0.127 e. The van der Waals surface area contributed by atoms with E-state index in [2.05, 4.69) is 64.5 Å². The fraction of sp³-hybridized carbons (Fsp3) is 0.333. The average Bonchev–Trinajstić information content (AvgIpc) is 2.97. The van der Waals surface area contributed by atoms with Crippen LogP contribution >= 0.6 is 15.9 Å². The van der Waals surface area contributed by atoms with Crippen LogP contribution in [-0.2, 0) is 0 Å². The molecular weight excluding hydrogens is 312 g/mol. The maximum atomic E-state index is 6.37. The SMILES string of the molecule is Brc1ccc2c(c1)[C@@H]1CCC[C@@H]1[C@@H](c1ccccc1)O2. The minimum absolute atomic E-state index is 0.220. The van der Waals surface area contributed by atoms with Gasteiger partial charge in [0.15, 0.2) is 0 Å². The molecule has 2 aliphatic rings. The smallest absolute Gasteiger partial charge is 0.127 e. The molecular formula is C18H17BrO. The molecule has 102 valence electrons. The van der Waals surface area contributed by atoms with Gasteiger partial charge < -0.3 is 4.74 Å². The highest BCUT2D eigenvalue weighted by molar-refractivity contribution is 9.10. The highest BCUT2D eigenvalue weighted by Crippen LogP contribution is 2.54. The number of halogens is 1. The van der Waals surface area contributed by atoms with Gasteiger partial charge in [0.25, 0.3) is 0 Å². The van der Waals surface area contributed by atoms with Crippen LogP contribution in [0.2, 0.25) is 0 Å². The average molecular weight is 329 g/mol. The van der Waals surface area contributed by atoms with E-state index in [0.717, 1.165) is 10.2 Å². The molecule has 0 aromatic heterocycles. The fourth-order valence-electron chi connectivity index (χ4n) is 3.84. The number of rotatable bonds is 1. The first-order valence-corrected chi connectivity index (χ1v) is 8.13. The Labute approximate surface area is 128 Å². The maximum absolute atomic E-state index is 6.37. The van der Waals surface area contributed by atoms with Gasteiger partial charge in [0, 0.05) is 10.4 Å². The van der Waals surface area contributed by atoms with Crippen molar-refractivity contribution in [1.82, 2.24) is 0 Å². The van der Waals surface area contributed by atoms with Crippen molar-refractivity contribution in [3.05, 3.63) is 64.1 Å². The molecule has 20 heavy (non-hydrogen) atoms. The summed E-state index contributed by atoms with van der Waals surface area (Å²) in [4.78, 5) is 0. The second-order valence-corrected chi connectivity index (χ2v) is 6.75. The molecule has 1 aliphatic carbocycles. The first kappa shape index (κ1) is 12.5. The van der Waals surface area contributed by atoms with Gasteiger partial charge in [-0.15, -0.1) is 0 Å². The van der Waals surface area contributed by atoms with Crippen LogP contribution < -0.4 is 4.74 Å². The van der Waals surface area contributed by atoms with E-state index in [4.69, 9.17) is 4.74 Å². The van der Waals surface area contributed by atoms with Gasteiger partial charge in [0.1, 0.15) is 11.9 Å². The normalized spacial score (nSPS) is 27.6. The zero-order valence-electron chi connectivity index (χ0n) is 11.3. The Morgan fingerprint density at radius 3 is 2.70 bits per heavy atom. The van der Waals surface area contributed by atoms with E-state index in [1.54, 1.807) is 0 Å². The van der Waals surface area contributed by atoms with Gasteiger partial charge in [0.05, 0.1) is 0 Å². The first-order chi connectivity index (χ1) is 9.83. The lowest BCUT2D eigenvalue weighted by molar-refractivity contribution is 0.104. The third kappa shape index (κ3) is 1.98. The highest BCUT2D eigenvalue weighted by atomic mass is 79.9. The van der Waals surface area contributed by atoms with E-state index >= 15 is 0 Å². The Hall–Kier alpha value is -1.28. The molecule has 3 atom stereocenters. The van der Waals surface area contributed by atoms with E-state index in [1.165, 1.54) is 30.4 Å². The monoisotopic (exact) mass is 328 g/mol. The Kier molecular flexibility index (Phi) is 3.07. The van der Waals surface area contributed by atoms with Crippen molar-refractivity contribution in [2.24, 2.45) is 5.92 Å². The standard InChI is InChI=1S/C18H17BrO/c19-13-9-10-17-16(11-13)14-7-4-8-15(14)18(20-17)12-5-2-1-3-6-12/h1-3,5-6,9-11,14-15,18H,4,7-8H2/t14-,15+,18-/m1/s1. The van der Waals surface area contributed by atoms with Crippen LogP contribution in [0.1, 0.15) is 42.4 Å². The van der Waals surface area contributed by atoms with E-state index in [9.17, 15) is 0 Å². The van der Waals surface area contributed by atoms with Crippen molar-refractivity contribution < 1.29 is 4.74 Å². The lowest BCUT2D eigenvalue weighted by Crippen LogP contribution is -2.26. The van der Waals surface area contributed by atoms with E-state index in [0.29, 0.717) is 11.8 Å². The predicted octanol–water partition coefficient (Wildman–Crippen LogP) is 5.47. The molecule has 0 radical (unpaired) electrons. The molecule has 4 rings (SSSR count). The molecule has 0 unspecified atom stereocenters. The fourth-order valence-corrected chi connectivity index (χ4v) is 4.21. The van der Waals surface area contributed by atoms with Gasteiger partial charge in [0.2, 0.25) is 0 Å². The van der Waals surface area contributed by atoms with E-state index in [1.807, 2.05) is 0 Å². The molecule has 2 aromatic rings. The molecule has 1 fully saturated rings. The minimum atomic E-state index is 0.220. The van der Waals surface area contributed by atoms with E-state index in [-0.39, 0.29) is 6.10 Å². The Morgan fingerprint density at radius 1 is 1.00 bits per heavy atom. The van der Waals surface area contributed by atoms with Crippen molar-refractivity contribution in [1.29, 1.82) is 0 Å². The summed E-state index contributed by atoms with van der Waals surface area (Å²) in [6.07, 6.45) is 4.10. The van der Waals surface area contributed by atoms with Crippen molar-refractivity contribution in [3.63, 3.8) is 0 Å². The quantitative estimate of drug-likeness (QED) is 0.674. The molecule has 1 heterocycles. The van der Waals surface area contributed by atoms with Crippen molar-refractivity contribution in [3.8, 4) is 5.75 Å². The minimum Gasteiger partial charge on any atom is -0.485 e. The summed E-state index contributed by atoms with van der Waals surface area (Å²) in [5.74, 6) is 2.35. The van der Waals surface area contributed by atoms with Crippen molar-refractivity contribution in [2.45, 2.75) is 31.3 Å². The van der Waals surface area contributed by atoms with Crippen LogP contribution in [0.3, 0.4) is 0 Å². The zero-order chi connectivity index (χ0) is 13.5. The number of fused-ring (bicyclic) bond motifs is 3. The van der Waals surface area contributed by atoms with Crippen molar-refractivity contribution in [2.75, 3.05) is 0 Å². The van der Waals surface area contributed by atoms with Gasteiger partial charge >= 0.3 is 0 Å². The molecule has 2 aromatic carbocycles. The molecule has 0 bridgehead atoms. The lowest BCUT2D eigenvalue weighted by Gasteiger charge is -2.36. The zero-order valence-corrected chi connectivity index (χ0v) is 12.8. The Balaban J connectivity index is 1.79. The molecule has 1 saturated carbocycles. The second-order valence-electron chi connectivity index (χ2n) is 5.83. The number of hydrogen-bond donors (Lipinski definition) is 0. The third-order valence-corrected chi connectivity index (χ3v) is 5.20. The Bertz CT molecular complexity index is 623. The summed E-state index contributed by atoms with van der Waals surface area (Å²) in [5, 5.41) is 0. The Morgan fingerprint density at radius 2 is 1.85 bits per heavy atom. The van der Waals surface area contributed by atoms with Crippen LogP contribution in [0.4, 0.5) is 0 Å². The predicted molar refractivity (Wildman–Crippen MR) is 84.0 cm³/mol. The van der Waals surface area contributed by atoms with Crippen LogP contribution in [0.5, 0.6) is 5.75 Å². The molecule has 0 amide bonds.